The van der Waals surface area contributed by atoms with Crippen molar-refractivity contribution in [2.75, 3.05) is 20.0 Å². The Hall–Kier alpha value is -0.945. The molecule has 0 saturated carbocycles. The maximum atomic E-state index is 6.00. The third-order valence-electron chi connectivity index (χ3n) is 4.58. The van der Waals surface area contributed by atoms with Crippen LogP contribution in [0, 0.1) is 0 Å². The Morgan fingerprint density at radius 3 is 2.19 bits per heavy atom. The van der Waals surface area contributed by atoms with E-state index in [1.165, 1.54) is 0 Å². The molecular formula is C15H22BNO4. The second-order valence-electron chi connectivity index (χ2n) is 6.66. The number of ether oxygens (including phenoxy) is 2. The molecule has 2 aliphatic heterocycles. The van der Waals surface area contributed by atoms with E-state index in [4.69, 9.17) is 18.8 Å². The van der Waals surface area contributed by atoms with Gasteiger partial charge in [0.15, 0.2) is 0 Å². The van der Waals surface area contributed by atoms with Crippen LogP contribution in [0.4, 0.5) is 0 Å². The molecule has 2 fully saturated rings. The summed E-state index contributed by atoms with van der Waals surface area (Å²) in [4.78, 5) is 4.51. The summed E-state index contributed by atoms with van der Waals surface area (Å²) in [5, 5.41) is 0. The highest BCUT2D eigenvalue weighted by Gasteiger charge is 2.52. The molecule has 0 atom stereocenters. The molecule has 3 heterocycles. The molecule has 0 radical (unpaired) electrons. The summed E-state index contributed by atoms with van der Waals surface area (Å²) in [6.07, 6.45) is 1.86. The van der Waals surface area contributed by atoms with Crippen LogP contribution in [0.1, 0.15) is 39.2 Å². The van der Waals surface area contributed by atoms with Crippen LogP contribution in [0.2, 0.25) is 0 Å². The van der Waals surface area contributed by atoms with Crippen LogP contribution in [0.15, 0.2) is 18.3 Å². The van der Waals surface area contributed by atoms with Crippen LogP contribution in [0.3, 0.4) is 0 Å². The predicted molar refractivity (Wildman–Crippen MR) is 79.5 cm³/mol. The van der Waals surface area contributed by atoms with Gasteiger partial charge in [0.25, 0.3) is 0 Å². The maximum absolute atomic E-state index is 6.00. The van der Waals surface area contributed by atoms with Crippen molar-refractivity contribution in [1.29, 1.82) is 0 Å². The molecule has 21 heavy (non-hydrogen) atoms. The fourth-order valence-electron chi connectivity index (χ4n) is 2.44. The van der Waals surface area contributed by atoms with Gasteiger partial charge in [-0.1, -0.05) is 6.07 Å². The Labute approximate surface area is 126 Å². The van der Waals surface area contributed by atoms with E-state index < -0.39 is 7.12 Å². The average Bonchev–Trinajstić information content (AvgIpc) is 2.69. The molecule has 0 amide bonds. The van der Waals surface area contributed by atoms with E-state index in [-0.39, 0.29) is 17.1 Å². The number of nitrogens with zero attached hydrogens (tertiary/aromatic N) is 1. The van der Waals surface area contributed by atoms with Crippen LogP contribution in [-0.4, -0.2) is 43.3 Å². The lowest BCUT2D eigenvalue weighted by Gasteiger charge is -2.32. The normalized spacial score (nSPS) is 25.2. The van der Waals surface area contributed by atoms with Gasteiger partial charge in [0.2, 0.25) is 0 Å². The molecule has 0 aromatic carbocycles. The fourth-order valence-corrected chi connectivity index (χ4v) is 2.44. The van der Waals surface area contributed by atoms with Gasteiger partial charge in [-0.2, -0.15) is 0 Å². The lowest BCUT2D eigenvalue weighted by Crippen LogP contribution is -2.41. The van der Waals surface area contributed by atoms with Crippen molar-refractivity contribution in [3.8, 4) is 0 Å². The van der Waals surface area contributed by atoms with Gasteiger partial charge >= 0.3 is 7.12 Å². The molecule has 3 rings (SSSR count). The van der Waals surface area contributed by atoms with Crippen molar-refractivity contribution in [1.82, 2.24) is 4.98 Å². The van der Waals surface area contributed by atoms with E-state index >= 15 is 0 Å². The summed E-state index contributed by atoms with van der Waals surface area (Å²) in [6, 6.07) is 4.02. The lowest BCUT2D eigenvalue weighted by molar-refractivity contribution is -0.108. The molecule has 0 unspecified atom stereocenters. The molecule has 0 spiro atoms. The number of rotatable bonds is 2. The van der Waals surface area contributed by atoms with E-state index in [9.17, 15) is 0 Å². The second-order valence-corrected chi connectivity index (χ2v) is 6.66. The van der Waals surface area contributed by atoms with Gasteiger partial charge in [0.05, 0.1) is 30.0 Å². The standard InChI is InChI=1S/C15H22BNO4/c1-14(2)15(3,4)21-16(20-14)13-6-5-11(7-17-13)12-8-18-10-19-9-12/h5-7,12H,8-10H2,1-4H3. The molecule has 5 nitrogen and oxygen atoms in total. The third kappa shape index (κ3) is 2.86. The maximum Gasteiger partial charge on any atom is 0.514 e. The topological polar surface area (TPSA) is 49.8 Å². The highest BCUT2D eigenvalue weighted by atomic mass is 16.7. The van der Waals surface area contributed by atoms with Crippen LogP contribution in [0.5, 0.6) is 0 Å². The minimum absolute atomic E-state index is 0.249. The lowest BCUT2D eigenvalue weighted by atomic mass is 9.83. The van der Waals surface area contributed by atoms with Gasteiger partial charge in [-0.05, 0) is 39.3 Å². The molecule has 0 bridgehead atoms. The van der Waals surface area contributed by atoms with E-state index in [0.717, 1.165) is 11.2 Å². The Kier molecular flexibility index (Phi) is 3.82. The molecule has 2 aliphatic rings. The monoisotopic (exact) mass is 291 g/mol. The zero-order valence-corrected chi connectivity index (χ0v) is 13.1. The number of hydrogen-bond acceptors (Lipinski definition) is 5. The largest absolute Gasteiger partial charge is 0.514 e. The first-order valence-corrected chi connectivity index (χ1v) is 7.36. The Bertz CT molecular complexity index is 481. The van der Waals surface area contributed by atoms with Crippen molar-refractivity contribution in [2.45, 2.75) is 44.8 Å². The van der Waals surface area contributed by atoms with Gasteiger partial charge in [0.1, 0.15) is 6.79 Å². The van der Waals surface area contributed by atoms with E-state index in [0.29, 0.717) is 20.0 Å². The average molecular weight is 291 g/mol. The molecule has 1 aromatic heterocycles. The van der Waals surface area contributed by atoms with Gasteiger partial charge in [0, 0.05) is 12.1 Å². The Morgan fingerprint density at radius 2 is 1.67 bits per heavy atom. The SMILES string of the molecule is CC1(C)OB(c2ccc(C3COCOC3)cn2)OC1(C)C. The summed E-state index contributed by atoms with van der Waals surface area (Å²) in [7, 11) is -0.414. The fraction of sp³-hybridized carbons (Fsp3) is 0.667. The number of pyridine rings is 1. The summed E-state index contributed by atoms with van der Waals surface area (Å²) in [5.41, 5.74) is 1.23. The van der Waals surface area contributed by atoms with E-state index in [1.54, 1.807) is 0 Å². The molecule has 0 aliphatic carbocycles. The molecule has 1 aromatic rings. The van der Waals surface area contributed by atoms with Crippen LogP contribution in [0.25, 0.3) is 0 Å². The smallest absolute Gasteiger partial charge is 0.398 e. The van der Waals surface area contributed by atoms with Crippen LogP contribution >= 0.6 is 0 Å². The third-order valence-corrected chi connectivity index (χ3v) is 4.58. The highest BCUT2D eigenvalue weighted by Crippen LogP contribution is 2.36. The van der Waals surface area contributed by atoms with Gasteiger partial charge in [-0.15, -0.1) is 0 Å². The first-order chi connectivity index (χ1) is 9.89. The molecule has 114 valence electrons. The quantitative estimate of drug-likeness (QED) is 0.772. The molecule has 2 saturated heterocycles. The van der Waals surface area contributed by atoms with Crippen molar-refractivity contribution in [3.05, 3.63) is 23.9 Å². The van der Waals surface area contributed by atoms with Gasteiger partial charge < -0.3 is 18.8 Å². The molecule has 0 N–H and O–H groups in total. The van der Waals surface area contributed by atoms with Crippen molar-refractivity contribution in [3.63, 3.8) is 0 Å². The number of aromatic nitrogens is 1. The highest BCUT2D eigenvalue weighted by molar-refractivity contribution is 6.61. The summed E-state index contributed by atoms with van der Waals surface area (Å²) >= 11 is 0. The van der Waals surface area contributed by atoms with Gasteiger partial charge in [-0.3, -0.25) is 4.98 Å². The minimum atomic E-state index is -0.414. The minimum Gasteiger partial charge on any atom is -0.398 e. The van der Waals surface area contributed by atoms with Crippen molar-refractivity contribution in [2.24, 2.45) is 0 Å². The van der Waals surface area contributed by atoms with Crippen LogP contribution < -0.4 is 5.59 Å². The van der Waals surface area contributed by atoms with E-state index in [1.807, 2.05) is 40.0 Å². The van der Waals surface area contributed by atoms with E-state index in [2.05, 4.69) is 11.1 Å². The van der Waals surface area contributed by atoms with Crippen LogP contribution in [-0.2, 0) is 18.8 Å². The molecule has 6 heteroatoms. The summed E-state index contributed by atoms with van der Waals surface area (Å²) in [6.45, 7) is 9.90. The first kappa shape index (κ1) is 15.0. The molecular weight excluding hydrogens is 269 g/mol. The Morgan fingerprint density at radius 1 is 1.05 bits per heavy atom. The summed E-state index contributed by atoms with van der Waals surface area (Å²) in [5.74, 6) is 0.249. The van der Waals surface area contributed by atoms with Crippen molar-refractivity contribution >= 4 is 12.7 Å². The second kappa shape index (κ2) is 5.36. The predicted octanol–water partition coefficient (Wildman–Crippen LogP) is 1.47. The number of hydrogen-bond donors (Lipinski definition) is 0. The van der Waals surface area contributed by atoms with Gasteiger partial charge in [-0.25, -0.2) is 0 Å². The zero-order valence-electron chi connectivity index (χ0n) is 13.1. The van der Waals surface area contributed by atoms with Crippen molar-refractivity contribution < 1.29 is 18.8 Å². The summed E-state index contributed by atoms with van der Waals surface area (Å²) < 4.78 is 22.6. The zero-order chi connectivity index (χ0) is 15.1. The first-order valence-electron chi connectivity index (χ1n) is 7.36. The Balaban J connectivity index is 1.73.